The highest BCUT2D eigenvalue weighted by atomic mass is 127. The molecule has 0 spiro atoms. The van der Waals surface area contributed by atoms with E-state index < -0.39 is 12.1 Å². The topological polar surface area (TPSA) is 88.4 Å². The van der Waals surface area contributed by atoms with Crippen molar-refractivity contribution in [3.05, 3.63) is 72.7 Å². The van der Waals surface area contributed by atoms with Crippen LogP contribution >= 0.6 is 103 Å². The van der Waals surface area contributed by atoms with E-state index in [1.165, 1.54) is 70.6 Å². The summed E-state index contributed by atoms with van der Waals surface area (Å²) in [5, 5.41) is 24.0. The number of rotatable bonds is 18. The molecule has 258 valence electrons. The molecule has 4 rings (SSSR count). The molecule has 0 saturated heterocycles. The molecule has 6 nitrogen and oxygen atoms in total. The van der Waals surface area contributed by atoms with Crippen molar-refractivity contribution in [3.8, 4) is 11.5 Å². The minimum absolute atomic E-state index is 0.119. The van der Waals surface area contributed by atoms with Crippen LogP contribution in [0, 0.1) is 7.14 Å². The quantitative estimate of drug-likeness (QED) is 0.0508. The van der Waals surface area contributed by atoms with Crippen molar-refractivity contribution in [3.63, 3.8) is 0 Å². The lowest BCUT2D eigenvalue weighted by atomic mass is 9.85. The van der Waals surface area contributed by atoms with Gasteiger partial charge in [-0.25, -0.2) is 4.79 Å². The maximum Gasteiger partial charge on any atom is 0.338 e. The highest BCUT2D eigenvalue weighted by Crippen LogP contribution is 2.52. The Kier molecular flexibility index (Phi) is 17.1. The molecule has 0 fully saturated rings. The molecule has 1 aliphatic carbocycles. The van der Waals surface area contributed by atoms with Crippen molar-refractivity contribution in [2.24, 2.45) is 4.99 Å². The zero-order valence-corrected chi connectivity index (χ0v) is 36.5. The number of thiocarbonyl (C=S) groups is 1. The van der Waals surface area contributed by atoms with Gasteiger partial charge < -0.3 is 19.7 Å². The lowest BCUT2D eigenvalue weighted by molar-refractivity contribution is 0.0497. The lowest BCUT2D eigenvalue weighted by Gasteiger charge is -2.31. The van der Waals surface area contributed by atoms with E-state index in [0.29, 0.717) is 45.7 Å². The van der Waals surface area contributed by atoms with Crippen LogP contribution < -0.4 is 4.74 Å². The molecule has 0 bridgehead atoms. The van der Waals surface area contributed by atoms with Gasteiger partial charge in [-0.2, -0.15) is 4.99 Å². The molecule has 1 aliphatic heterocycles. The highest BCUT2D eigenvalue weighted by molar-refractivity contribution is 14.1. The number of aliphatic hydroxyl groups excluding tert-OH is 1. The second-order valence-corrected chi connectivity index (χ2v) is 16.9. The van der Waals surface area contributed by atoms with Gasteiger partial charge in [0.05, 0.1) is 33.7 Å². The first-order valence-electron chi connectivity index (χ1n) is 16.7. The summed E-state index contributed by atoms with van der Waals surface area (Å²) < 4.78 is 14.8. The molecule has 1 unspecified atom stereocenters. The first-order chi connectivity index (χ1) is 23.2. The Bertz CT molecular complexity index is 1630. The predicted molar refractivity (Wildman–Crippen MR) is 231 cm³/mol. The summed E-state index contributed by atoms with van der Waals surface area (Å²) in [5.41, 5.74) is 3.71. The molecule has 1 heterocycles. The summed E-state index contributed by atoms with van der Waals surface area (Å²) in [7, 11) is 0. The number of allylic oxidation sites excluding steroid dienone is 1. The minimum Gasteiger partial charge on any atom is -0.506 e. The second kappa shape index (κ2) is 20.4. The first-order valence-corrected chi connectivity index (χ1v) is 21.4. The summed E-state index contributed by atoms with van der Waals surface area (Å²) in [6.45, 7) is 2.60. The van der Waals surface area contributed by atoms with Gasteiger partial charge in [0, 0.05) is 20.3 Å². The number of aromatic hydroxyl groups is 1. The number of carbonyl (C=O) groups excluding carboxylic acids is 1. The van der Waals surface area contributed by atoms with Crippen molar-refractivity contribution < 1.29 is 24.5 Å². The van der Waals surface area contributed by atoms with Crippen LogP contribution in [0.5, 0.6) is 11.5 Å². The fourth-order valence-corrected chi connectivity index (χ4v) is 9.79. The van der Waals surface area contributed by atoms with Crippen LogP contribution in [0.2, 0.25) is 0 Å². The third kappa shape index (κ3) is 10.5. The normalized spacial score (nSPS) is 15.4. The van der Waals surface area contributed by atoms with Gasteiger partial charge in [0.25, 0.3) is 0 Å². The number of hydrogen-bond acceptors (Lipinski definition) is 7. The molecule has 2 aromatic carbocycles. The average Bonchev–Trinajstić information content (AvgIpc) is 3.07. The second-order valence-electron chi connectivity index (χ2n) is 12.1. The van der Waals surface area contributed by atoms with Crippen LogP contribution in [0.15, 0.2) is 53.8 Å². The van der Waals surface area contributed by atoms with Gasteiger partial charge in [0.1, 0.15) is 17.6 Å². The summed E-state index contributed by atoms with van der Waals surface area (Å²) in [6.07, 6.45) is 18.7. The Hall–Kier alpha value is -0.590. The van der Waals surface area contributed by atoms with Crippen LogP contribution in [0.4, 0.5) is 5.69 Å². The molecular weight excluding hydrogens is 1080 g/mol. The predicted octanol–water partition coefficient (Wildman–Crippen LogP) is 12.5. The number of benzene rings is 2. The molecule has 0 radical (unpaired) electrons. The number of nitrogens with zero attached hydrogens (tertiary/aromatic N) is 1. The third-order valence-electron chi connectivity index (χ3n) is 8.54. The van der Waals surface area contributed by atoms with Crippen molar-refractivity contribution >= 4 is 125 Å². The van der Waals surface area contributed by atoms with E-state index in [2.05, 4.69) is 107 Å². The van der Waals surface area contributed by atoms with Gasteiger partial charge in [-0.3, -0.25) is 0 Å². The molecule has 48 heavy (non-hydrogen) atoms. The number of ether oxygens (including phenoxy) is 2. The Morgan fingerprint density at radius 1 is 0.917 bits per heavy atom. The number of aliphatic imine (C=N–C) groups is 1. The van der Waals surface area contributed by atoms with E-state index >= 15 is 0 Å². The number of phenolic OH excluding ortho intramolecular Hbond substituents is 1. The maximum atomic E-state index is 13.8. The van der Waals surface area contributed by atoms with Gasteiger partial charge in [0.2, 0.25) is 0 Å². The monoisotopic (exact) mass is 1120 g/mol. The number of fused-ring (bicyclic) bond motifs is 2. The van der Waals surface area contributed by atoms with Crippen LogP contribution in [-0.4, -0.2) is 34.1 Å². The Balaban J connectivity index is 1.46. The summed E-state index contributed by atoms with van der Waals surface area (Å²) in [4.78, 5) is 17.9. The Morgan fingerprint density at radius 3 is 2.12 bits per heavy atom. The highest BCUT2D eigenvalue weighted by Gasteiger charge is 2.36. The van der Waals surface area contributed by atoms with Gasteiger partial charge in [-0.05, 0) is 139 Å². The number of phenols is 1. The average molecular weight is 1120 g/mol. The molecule has 2 aromatic rings. The van der Waals surface area contributed by atoms with E-state index in [1.54, 1.807) is 12.1 Å². The molecule has 0 saturated carbocycles. The van der Waals surface area contributed by atoms with Crippen LogP contribution in [0.25, 0.3) is 5.57 Å². The molecule has 1 atom stereocenters. The summed E-state index contributed by atoms with van der Waals surface area (Å²) in [6, 6.07) is 7.17. The maximum absolute atomic E-state index is 13.8. The fourth-order valence-electron chi connectivity index (χ4n) is 5.94. The van der Waals surface area contributed by atoms with E-state index in [1.807, 2.05) is 18.2 Å². The lowest BCUT2D eigenvalue weighted by Crippen LogP contribution is -2.22. The number of aliphatic hydroxyl groups is 1. The minimum atomic E-state index is -0.822. The van der Waals surface area contributed by atoms with Gasteiger partial charge >= 0.3 is 5.97 Å². The number of esters is 1. The zero-order valence-electron chi connectivity index (χ0n) is 27.1. The summed E-state index contributed by atoms with van der Waals surface area (Å²) in [5.74, 6) is 0.636. The van der Waals surface area contributed by atoms with Crippen molar-refractivity contribution in [1.29, 1.82) is 0 Å². The number of unbranched alkanes of at least 4 members (excludes halogenated alkanes) is 13. The van der Waals surface area contributed by atoms with Crippen molar-refractivity contribution in [2.45, 2.75) is 103 Å². The molecule has 0 aromatic heterocycles. The molecule has 2 aliphatic rings. The van der Waals surface area contributed by atoms with E-state index in [0.717, 1.165) is 39.6 Å². The van der Waals surface area contributed by atoms with Crippen molar-refractivity contribution in [2.75, 3.05) is 6.61 Å². The fraction of sp³-hybridized carbons (Fsp3) is 0.459. The Morgan fingerprint density at radius 2 is 1.52 bits per heavy atom. The van der Waals surface area contributed by atoms with Crippen LogP contribution in [0.1, 0.15) is 118 Å². The summed E-state index contributed by atoms with van der Waals surface area (Å²) >= 11 is 13.3. The van der Waals surface area contributed by atoms with Gasteiger partial charge in [0.15, 0.2) is 5.75 Å². The number of carbonyl (C=O) groups is 1. The van der Waals surface area contributed by atoms with Crippen molar-refractivity contribution in [1.82, 2.24) is 0 Å². The number of halogens is 4. The molecule has 11 heteroatoms. The molecular formula is C37H41I4NO5S. The van der Waals surface area contributed by atoms with E-state index in [9.17, 15) is 15.0 Å². The smallest absolute Gasteiger partial charge is 0.338 e. The zero-order chi connectivity index (χ0) is 34.6. The largest absolute Gasteiger partial charge is 0.506 e. The molecule has 2 N–H and O–H groups in total. The SMILES string of the molecule is CCCCCCCCCCCCCCCCOC(=O)c1cc(N=C=S)ccc1C1=C2C=C(I)C(O)C(I)=C2Oc2c1cc(I)c(O)c2I. The van der Waals surface area contributed by atoms with Crippen LogP contribution in [-0.2, 0) is 4.74 Å². The Labute approximate surface area is 344 Å². The van der Waals surface area contributed by atoms with Gasteiger partial charge in [-0.15, -0.1) is 0 Å². The van der Waals surface area contributed by atoms with E-state index in [4.69, 9.17) is 21.7 Å². The van der Waals surface area contributed by atoms with Crippen LogP contribution in [0.3, 0.4) is 0 Å². The molecule has 0 amide bonds. The number of isothiocyanates is 1. The van der Waals surface area contributed by atoms with E-state index in [-0.39, 0.29) is 5.75 Å². The third-order valence-corrected chi connectivity index (χ3v) is 12.4. The first kappa shape index (κ1) is 40.2. The number of hydrogen-bond donors (Lipinski definition) is 2. The van der Waals surface area contributed by atoms with Gasteiger partial charge in [-0.1, -0.05) is 96.5 Å². The standard InChI is InChI=1S/C37H41I4NO5S/c1-2-3-4-5-6-7-8-9-10-11-12-13-14-15-18-46-37(45)25-19-23(42-22-48)16-17-24(25)30-26-20-28(38)33(43)31(40)35(26)47-36-27(30)21-29(39)34(44)32(36)41/h16-17,19-21,33,43-44H,2-15,18H2,1H3.